The van der Waals surface area contributed by atoms with Crippen molar-refractivity contribution in [2.24, 2.45) is 10.7 Å². The molecule has 0 amide bonds. The zero-order valence-electron chi connectivity index (χ0n) is 8.56. The van der Waals surface area contributed by atoms with Crippen molar-refractivity contribution in [3.05, 3.63) is 28.7 Å². The summed E-state index contributed by atoms with van der Waals surface area (Å²) in [6, 6.07) is 0. The SMILES string of the molecule is C=C(C)CNC(N)=NCc1nccs1.I. The fraction of sp³-hybridized carbons (Fsp3) is 0.333. The monoisotopic (exact) mass is 338 g/mol. The largest absolute Gasteiger partial charge is 0.370 e. The van der Waals surface area contributed by atoms with E-state index in [4.69, 9.17) is 5.73 Å². The van der Waals surface area contributed by atoms with Gasteiger partial charge in [0.2, 0.25) is 0 Å². The summed E-state index contributed by atoms with van der Waals surface area (Å²) in [6.45, 7) is 6.88. The van der Waals surface area contributed by atoms with Crippen molar-refractivity contribution in [3.63, 3.8) is 0 Å². The maximum absolute atomic E-state index is 5.61. The maximum Gasteiger partial charge on any atom is 0.189 e. The zero-order chi connectivity index (χ0) is 10.4. The van der Waals surface area contributed by atoms with Gasteiger partial charge in [0.1, 0.15) is 5.01 Å². The van der Waals surface area contributed by atoms with Crippen LogP contribution in [0.25, 0.3) is 0 Å². The van der Waals surface area contributed by atoms with Gasteiger partial charge in [-0.05, 0) is 6.92 Å². The zero-order valence-corrected chi connectivity index (χ0v) is 11.7. The van der Waals surface area contributed by atoms with E-state index in [1.54, 1.807) is 17.5 Å². The molecule has 0 bridgehead atoms. The molecule has 0 aliphatic carbocycles. The van der Waals surface area contributed by atoms with Gasteiger partial charge in [-0.15, -0.1) is 35.3 Å². The number of thiazole rings is 1. The van der Waals surface area contributed by atoms with Gasteiger partial charge in [-0.25, -0.2) is 9.98 Å². The highest BCUT2D eigenvalue weighted by Crippen LogP contribution is 2.04. The van der Waals surface area contributed by atoms with Crippen LogP contribution in [0.4, 0.5) is 0 Å². The minimum absolute atomic E-state index is 0. The Bertz CT molecular complexity index is 321. The Kier molecular flexibility index (Phi) is 7.31. The molecule has 1 aromatic heterocycles. The molecule has 6 heteroatoms. The molecule has 0 saturated carbocycles. The number of aliphatic imine (C=N–C) groups is 1. The van der Waals surface area contributed by atoms with Gasteiger partial charge >= 0.3 is 0 Å². The summed E-state index contributed by atoms with van der Waals surface area (Å²) in [5.41, 5.74) is 6.64. The molecule has 1 rings (SSSR count). The van der Waals surface area contributed by atoms with Crippen molar-refractivity contribution in [3.8, 4) is 0 Å². The van der Waals surface area contributed by atoms with E-state index in [-0.39, 0.29) is 24.0 Å². The van der Waals surface area contributed by atoms with Gasteiger partial charge in [0, 0.05) is 18.1 Å². The molecule has 0 atom stereocenters. The Hall–Kier alpha value is -0.630. The first-order chi connectivity index (χ1) is 6.68. The summed E-state index contributed by atoms with van der Waals surface area (Å²) in [4.78, 5) is 8.22. The van der Waals surface area contributed by atoms with Crippen LogP contribution < -0.4 is 11.1 Å². The van der Waals surface area contributed by atoms with Crippen LogP contribution in [0, 0.1) is 0 Å². The smallest absolute Gasteiger partial charge is 0.189 e. The van der Waals surface area contributed by atoms with Gasteiger partial charge in [-0.2, -0.15) is 0 Å². The summed E-state index contributed by atoms with van der Waals surface area (Å²) in [6.07, 6.45) is 1.76. The lowest BCUT2D eigenvalue weighted by Gasteiger charge is -2.03. The lowest BCUT2D eigenvalue weighted by Crippen LogP contribution is -2.32. The highest BCUT2D eigenvalue weighted by molar-refractivity contribution is 14.0. The van der Waals surface area contributed by atoms with Gasteiger partial charge in [-0.1, -0.05) is 12.2 Å². The van der Waals surface area contributed by atoms with Gasteiger partial charge in [0.05, 0.1) is 6.54 Å². The third-order valence-corrected chi connectivity index (χ3v) is 2.20. The van der Waals surface area contributed by atoms with E-state index >= 15 is 0 Å². The van der Waals surface area contributed by atoms with Crippen LogP contribution in [0.1, 0.15) is 11.9 Å². The first kappa shape index (κ1) is 14.4. The number of hydrogen-bond acceptors (Lipinski definition) is 3. The lowest BCUT2D eigenvalue weighted by atomic mass is 10.3. The number of hydrogen-bond donors (Lipinski definition) is 2. The number of guanidine groups is 1. The van der Waals surface area contributed by atoms with Crippen molar-refractivity contribution in [2.45, 2.75) is 13.5 Å². The van der Waals surface area contributed by atoms with Crippen LogP contribution in [-0.4, -0.2) is 17.5 Å². The molecular formula is C9H15IN4S. The summed E-state index contributed by atoms with van der Waals surface area (Å²) in [5.74, 6) is 0.434. The van der Waals surface area contributed by atoms with E-state index < -0.39 is 0 Å². The second-order valence-electron chi connectivity index (χ2n) is 2.94. The standard InChI is InChI=1S/C9H14N4S.HI/c1-7(2)5-12-9(10)13-6-8-11-3-4-14-8;/h3-4H,1,5-6H2,2H3,(H3,10,12,13);1H. The first-order valence-corrected chi connectivity index (χ1v) is 5.13. The predicted octanol–water partition coefficient (Wildman–Crippen LogP) is 1.74. The average molecular weight is 338 g/mol. The molecule has 0 fully saturated rings. The minimum Gasteiger partial charge on any atom is -0.370 e. The van der Waals surface area contributed by atoms with Crippen molar-refractivity contribution in [1.82, 2.24) is 10.3 Å². The summed E-state index contributed by atoms with van der Waals surface area (Å²) >= 11 is 1.57. The number of halogens is 1. The van der Waals surface area contributed by atoms with Gasteiger partial charge in [-0.3, -0.25) is 0 Å². The van der Waals surface area contributed by atoms with E-state index in [0.717, 1.165) is 10.6 Å². The third kappa shape index (κ3) is 6.45. The van der Waals surface area contributed by atoms with Crippen molar-refractivity contribution in [2.75, 3.05) is 6.54 Å². The summed E-state index contributed by atoms with van der Waals surface area (Å²) in [7, 11) is 0. The van der Waals surface area contributed by atoms with Gasteiger partial charge in [0.25, 0.3) is 0 Å². The number of nitrogens with two attached hydrogens (primary N) is 1. The van der Waals surface area contributed by atoms with Crippen molar-refractivity contribution in [1.29, 1.82) is 0 Å². The van der Waals surface area contributed by atoms with Crippen molar-refractivity contribution >= 4 is 41.3 Å². The first-order valence-electron chi connectivity index (χ1n) is 4.25. The summed E-state index contributed by atoms with van der Waals surface area (Å²) in [5, 5.41) is 5.83. The average Bonchev–Trinajstić information content (AvgIpc) is 2.63. The Labute approximate surface area is 111 Å². The second kappa shape index (κ2) is 7.63. The highest BCUT2D eigenvalue weighted by Gasteiger charge is 1.94. The van der Waals surface area contributed by atoms with E-state index in [0.29, 0.717) is 19.0 Å². The van der Waals surface area contributed by atoms with Crippen LogP contribution in [0.2, 0.25) is 0 Å². The lowest BCUT2D eigenvalue weighted by molar-refractivity contribution is 0.935. The Morgan fingerprint density at radius 3 is 3.00 bits per heavy atom. The van der Waals surface area contributed by atoms with Gasteiger partial charge < -0.3 is 11.1 Å². The Morgan fingerprint density at radius 2 is 2.47 bits per heavy atom. The third-order valence-electron chi connectivity index (χ3n) is 1.44. The molecule has 1 aromatic rings. The number of nitrogens with one attached hydrogen (secondary N) is 1. The van der Waals surface area contributed by atoms with Crippen LogP contribution in [0.5, 0.6) is 0 Å². The normalized spacial score (nSPS) is 10.6. The molecule has 1 heterocycles. The fourth-order valence-corrected chi connectivity index (χ4v) is 1.32. The quantitative estimate of drug-likeness (QED) is 0.380. The number of aromatic nitrogens is 1. The van der Waals surface area contributed by atoms with E-state index in [1.807, 2.05) is 12.3 Å². The molecule has 0 spiro atoms. The molecular weight excluding hydrogens is 323 g/mol. The Morgan fingerprint density at radius 1 is 1.73 bits per heavy atom. The summed E-state index contributed by atoms with van der Waals surface area (Å²) < 4.78 is 0. The molecule has 0 aliphatic heterocycles. The van der Waals surface area contributed by atoms with Crippen molar-refractivity contribution < 1.29 is 0 Å². The van der Waals surface area contributed by atoms with Crippen LogP contribution in [0.15, 0.2) is 28.7 Å². The van der Waals surface area contributed by atoms with Gasteiger partial charge in [0.15, 0.2) is 5.96 Å². The second-order valence-corrected chi connectivity index (χ2v) is 3.92. The van der Waals surface area contributed by atoms with Crippen LogP contribution >= 0.6 is 35.3 Å². The van der Waals surface area contributed by atoms with Crippen LogP contribution in [-0.2, 0) is 6.54 Å². The highest BCUT2D eigenvalue weighted by atomic mass is 127. The Balaban J connectivity index is 0.00000196. The topological polar surface area (TPSA) is 63.3 Å². The maximum atomic E-state index is 5.61. The molecule has 0 aliphatic rings. The molecule has 0 aromatic carbocycles. The predicted molar refractivity (Wildman–Crippen MR) is 75.7 cm³/mol. The minimum atomic E-state index is 0. The molecule has 84 valence electrons. The van der Waals surface area contributed by atoms with E-state index in [2.05, 4.69) is 21.9 Å². The fourth-order valence-electron chi connectivity index (χ4n) is 0.781. The molecule has 4 nitrogen and oxygen atoms in total. The molecule has 0 radical (unpaired) electrons. The van der Waals surface area contributed by atoms with E-state index in [1.165, 1.54) is 0 Å². The molecule has 0 unspecified atom stereocenters. The number of nitrogens with zero attached hydrogens (tertiary/aromatic N) is 2. The van der Waals surface area contributed by atoms with E-state index in [9.17, 15) is 0 Å². The molecule has 15 heavy (non-hydrogen) atoms. The number of rotatable bonds is 4. The molecule has 0 saturated heterocycles. The molecule has 3 N–H and O–H groups in total. The van der Waals surface area contributed by atoms with Crippen LogP contribution in [0.3, 0.4) is 0 Å².